The minimum atomic E-state index is -1.45. The Balaban J connectivity index is 1.50. The van der Waals surface area contributed by atoms with Gasteiger partial charge in [0.2, 0.25) is 5.90 Å². The molecule has 0 bridgehead atoms. The van der Waals surface area contributed by atoms with Gasteiger partial charge in [0.1, 0.15) is 11.4 Å². The molecule has 0 aliphatic carbocycles. The molecule has 1 amide bonds. The molecular formula is C37H40N2O6. The van der Waals surface area contributed by atoms with Crippen molar-refractivity contribution in [2.24, 2.45) is 4.99 Å². The maximum atomic E-state index is 14.4. The van der Waals surface area contributed by atoms with E-state index >= 15 is 0 Å². The lowest BCUT2D eigenvalue weighted by Crippen LogP contribution is -2.48. The molecule has 0 aromatic heterocycles. The zero-order valence-corrected chi connectivity index (χ0v) is 26.0. The summed E-state index contributed by atoms with van der Waals surface area (Å²) in [7, 11) is 0. The van der Waals surface area contributed by atoms with Gasteiger partial charge in [-0.3, -0.25) is 9.59 Å². The van der Waals surface area contributed by atoms with Gasteiger partial charge in [0.05, 0.1) is 6.61 Å². The van der Waals surface area contributed by atoms with Gasteiger partial charge in [-0.15, -0.1) is 0 Å². The largest absolute Gasteiger partial charge is 0.494 e. The average molecular weight is 609 g/mol. The average Bonchev–Trinajstić information content (AvgIpc) is 3.44. The fraction of sp³-hybridized carbons (Fsp3) is 0.324. The molecule has 1 aliphatic rings. The first kappa shape index (κ1) is 31.7. The molecule has 45 heavy (non-hydrogen) atoms. The van der Waals surface area contributed by atoms with Gasteiger partial charge in [0, 0.05) is 31.6 Å². The molecule has 1 aliphatic heterocycles. The van der Waals surface area contributed by atoms with E-state index in [2.05, 4.69) is 5.32 Å². The lowest BCUT2D eigenvalue weighted by molar-refractivity contribution is -0.155. The Morgan fingerprint density at radius 3 is 2.38 bits per heavy atom. The zero-order chi connectivity index (χ0) is 31.9. The number of aliphatic imine (C=N–C) groups is 1. The minimum Gasteiger partial charge on any atom is -0.494 e. The normalized spacial score (nSPS) is 17.8. The van der Waals surface area contributed by atoms with Gasteiger partial charge >= 0.3 is 5.97 Å². The lowest BCUT2D eigenvalue weighted by atomic mass is 9.83. The van der Waals surface area contributed by atoms with Crippen LogP contribution in [-0.2, 0) is 25.6 Å². The predicted octanol–water partition coefficient (Wildman–Crippen LogP) is 6.30. The Bertz CT molecular complexity index is 1640. The van der Waals surface area contributed by atoms with Crippen LogP contribution < -0.4 is 10.1 Å². The first-order valence-corrected chi connectivity index (χ1v) is 15.3. The van der Waals surface area contributed by atoms with Gasteiger partial charge in [0.25, 0.3) is 5.91 Å². The second-order valence-corrected chi connectivity index (χ2v) is 12.1. The lowest BCUT2D eigenvalue weighted by Gasteiger charge is -2.31. The smallest absolute Gasteiger partial charge is 0.306 e. The monoisotopic (exact) mass is 608 g/mol. The number of amides is 1. The number of hydrogen-bond donors (Lipinski definition) is 2. The van der Waals surface area contributed by atoms with Crippen molar-refractivity contribution >= 4 is 28.5 Å². The Morgan fingerprint density at radius 2 is 1.64 bits per heavy atom. The first-order chi connectivity index (χ1) is 21.7. The molecule has 234 valence electrons. The summed E-state index contributed by atoms with van der Waals surface area (Å²) in [5.41, 5.74) is 0.298. The molecule has 0 saturated heterocycles. The maximum absolute atomic E-state index is 14.4. The van der Waals surface area contributed by atoms with E-state index in [9.17, 15) is 9.59 Å². The third kappa shape index (κ3) is 7.70. The summed E-state index contributed by atoms with van der Waals surface area (Å²) in [6, 6.07) is 30.8. The van der Waals surface area contributed by atoms with Crippen molar-refractivity contribution in [2.75, 3.05) is 13.2 Å². The number of rotatable bonds is 12. The fourth-order valence-corrected chi connectivity index (χ4v) is 5.46. The number of benzene rings is 4. The number of ether oxygens (including phenoxy) is 3. The fourth-order valence-electron chi connectivity index (χ4n) is 5.46. The van der Waals surface area contributed by atoms with Crippen LogP contribution in [0.3, 0.4) is 0 Å². The molecule has 0 saturated carbocycles. The van der Waals surface area contributed by atoms with E-state index in [0.29, 0.717) is 30.2 Å². The number of esters is 1. The molecule has 0 spiro atoms. The third-order valence-corrected chi connectivity index (χ3v) is 7.58. The van der Waals surface area contributed by atoms with E-state index in [1.165, 1.54) is 0 Å². The van der Waals surface area contributed by atoms with Gasteiger partial charge in [-0.1, -0.05) is 72.8 Å². The third-order valence-electron chi connectivity index (χ3n) is 7.58. The van der Waals surface area contributed by atoms with Crippen LogP contribution >= 0.6 is 0 Å². The van der Waals surface area contributed by atoms with E-state index in [0.717, 1.165) is 21.9 Å². The SMILES string of the molecule is CC(C)(C)OC(=O)CC[C@@]1(C(=O)NCc2cccc3ccccc23)N=C(c2ccc(OCCCO)cc2)O[C@@H]1c1ccccc1. The van der Waals surface area contributed by atoms with E-state index in [-0.39, 0.29) is 31.9 Å². The molecule has 8 heteroatoms. The highest BCUT2D eigenvalue weighted by Crippen LogP contribution is 2.43. The zero-order valence-electron chi connectivity index (χ0n) is 26.0. The summed E-state index contributed by atoms with van der Waals surface area (Å²) in [5.74, 6) is 0.195. The predicted molar refractivity (Wildman–Crippen MR) is 174 cm³/mol. The number of carbonyl (C=O) groups excluding carboxylic acids is 2. The van der Waals surface area contributed by atoms with Crippen molar-refractivity contribution in [3.8, 4) is 5.75 Å². The number of nitrogens with zero attached hydrogens (tertiary/aromatic N) is 1. The molecule has 5 rings (SSSR count). The van der Waals surface area contributed by atoms with Crippen LogP contribution in [0, 0.1) is 0 Å². The molecular weight excluding hydrogens is 568 g/mol. The Morgan fingerprint density at radius 1 is 0.933 bits per heavy atom. The number of nitrogens with one attached hydrogen (secondary N) is 1. The first-order valence-electron chi connectivity index (χ1n) is 15.3. The molecule has 0 radical (unpaired) electrons. The van der Waals surface area contributed by atoms with E-state index in [4.69, 9.17) is 24.3 Å². The van der Waals surface area contributed by atoms with Gasteiger partial charge in [0.15, 0.2) is 11.6 Å². The number of aliphatic hydroxyl groups excluding tert-OH is 1. The number of aliphatic hydroxyl groups is 1. The summed E-state index contributed by atoms with van der Waals surface area (Å²) in [5, 5.41) is 14.3. The molecule has 0 fully saturated rings. The second-order valence-electron chi connectivity index (χ2n) is 12.1. The van der Waals surface area contributed by atoms with Crippen LogP contribution in [0.1, 0.15) is 62.8 Å². The topological polar surface area (TPSA) is 106 Å². The van der Waals surface area contributed by atoms with Gasteiger partial charge in [-0.2, -0.15) is 0 Å². The molecule has 2 atom stereocenters. The highest BCUT2D eigenvalue weighted by Gasteiger charge is 2.53. The Kier molecular flexibility index (Phi) is 9.83. The highest BCUT2D eigenvalue weighted by atomic mass is 16.6. The summed E-state index contributed by atoms with van der Waals surface area (Å²) < 4.78 is 17.8. The quantitative estimate of drug-likeness (QED) is 0.145. The maximum Gasteiger partial charge on any atom is 0.306 e. The molecule has 2 N–H and O–H groups in total. The summed E-state index contributed by atoms with van der Waals surface area (Å²) >= 11 is 0. The van der Waals surface area contributed by atoms with E-state index < -0.39 is 23.2 Å². The van der Waals surface area contributed by atoms with Crippen LogP contribution in [0.25, 0.3) is 10.8 Å². The Hall–Kier alpha value is -4.69. The highest BCUT2D eigenvalue weighted by molar-refractivity contribution is 6.01. The van der Waals surface area contributed by atoms with Crippen LogP contribution in [0.2, 0.25) is 0 Å². The number of fused-ring (bicyclic) bond motifs is 1. The minimum absolute atomic E-state index is 0.0277. The summed E-state index contributed by atoms with van der Waals surface area (Å²) in [6.07, 6.45) is -0.205. The molecule has 4 aromatic carbocycles. The molecule has 0 unspecified atom stereocenters. The van der Waals surface area contributed by atoms with Gasteiger partial charge in [-0.25, -0.2) is 4.99 Å². The van der Waals surface area contributed by atoms with Crippen LogP contribution in [0.5, 0.6) is 5.75 Å². The Labute approximate surface area is 264 Å². The van der Waals surface area contributed by atoms with Crippen LogP contribution in [-0.4, -0.2) is 47.2 Å². The van der Waals surface area contributed by atoms with Crippen molar-refractivity contribution in [3.63, 3.8) is 0 Å². The molecule has 4 aromatic rings. The number of carbonyl (C=O) groups is 2. The summed E-state index contributed by atoms with van der Waals surface area (Å²) in [6.45, 7) is 6.18. The molecule has 8 nitrogen and oxygen atoms in total. The van der Waals surface area contributed by atoms with Crippen molar-refractivity contribution in [1.29, 1.82) is 0 Å². The van der Waals surface area contributed by atoms with Crippen molar-refractivity contribution in [2.45, 2.75) is 63.8 Å². The van der Waals surface area contributed by atoms with Crippen molar-refractivity contribution in [1.82, 2.24) is 5.32 Å². The van der Waals surface area contributed by atoms with E-state index in [1.807, 2.05) is 106 Å². The standard InChI is InChI=1S/C37H40N2O6/c1-36(2,3)45-32(41)21-22-37(35(42)38-25-29-15-9-14-26-11-7-8-16-31(26)29)33(27-12-5-4-6-13-27)44-34(39-37)28-17-19-30(20-18-28)43-24-10-23-40/h4-9,11-20,33,40H,10,21-25H2,1-3H3,(H,38,42)/t33-,37-/m1/s1. The molecule has 1 heterocycles. The second kappa shape index (κ2) is 13.9. The van der Waals surface area contributed by atoms with E-state index in [1.54, 1.807) is 12.1 Å². The van der Waals surface area contributed by atoms with Gasteiger partial charge < -0.3 is 24.6 Å². The van der Waals surface area contributed by atoms with Crippen LogP contribution in [0.15, 0.2) is 102 Å². The van der Waals surface area contributed by atoms with Crippen LogP contribution in [0.4, 0.5) is 0 Å². The van der Waals surface area contributed by atoms with Gasteiger partial charge in [-0.05, 0) is 73.4 Å². The summed E-state index contributed by atoms with van der Waals surface area (Å²) in [4.78, 5) is 32.4. The van der Waals surface area contributed by atoms with Crippen molar-refractivity contribution in [3.05, 3.63) is 114 Å². The van der Waals surface area contributed by atoms with Crippen molar-refractivity contribution < 1.29 is 28.9 Å². The number of hydrogen-bond acceptors (Lipinski definition) is 7.